The molecule has 0 atom stereocenters. The van der Waals surface area contributed by atoms with Crippen molar-refractivity contribution in [2.45, 2.75) is 39.7 Å². The number of hydrogen-bond acceptors (Lipinski definition) is 5. The molecule has 156 valence electrons. The number of benzene rings is 1. The first-order chi connectivity index (χ1) is 13.3. The molecular weight excluding hydrogens is 360 g/mol. The van der Waals surface area contributed by atoms with Gasteiger partial charge in [0.1, 0.15) is 5.60 Å². The van der Waals surface area contributed by atoms with Crippen molar-refractivity contribution in [3.63, 3.8) is 0 Å². The molecule has 2 rings (SSSR count). The van der Waals surface area contributed by atoms with Crippen LogP contribution in [0.1, 0.15) is 34.1 Å². The molecule has 0 saturated carbocycles. The first-order valence-electron chi connectivity index (χ1n) is 9.67. The van der Waals surface area contributed by atoms with Gasteiger partial charge in [0.05, 0.1) is 19.8 Å². The van der Waals surface area contributed by atoms with Crippen molar-refractivity contribution < 1.29 is 19.0 Å². The Bertz CT molecular complexity index is 685. The third-order valence-corrected chi connectivity index (χ3v) is 3.76. The van der Waals surface area contributed by atoms with E-state index in [-0.39, 0.29) is 6.09 Å². The van der Waals surface area contributed by atoms with Gasteiger partial charge in [-0.05, 0) is 39.8 Å². The van der Waals surface area contributed by atoms with Crippen LogP contribution in [0.5, 0.6) is 11.5 Å². The van der Waals surface area contributed by atoms with E-state index in [2.05, 4.69) is 15.6 Å². The fraction of sp³-hybridized carbons (Fsp3) is 0.600. The molecule has 1 aromatic carbocycles. The summed E-state index contributed by atoms with van der Waals surface area (Å²) in [7, 11) is 1.70. The first-order valence-corrected chi connectivity index (χ1v) is 9.67. The Kier molecular flexibility index (Phi) is 7.78. The molecule has 1 aromatic rings. The van der Waals surface area contributed by atoms with Gasteiger partial charge in [0.25, 0.3) is 0 Å². The van der Waals surface area contributed by atoms with Crippen molar-refractivity contribution in [3.8, 4) is 11.5 Å². The van der Waals surface area contributed by atoms with Crippen molar-refractivity contribution >= 4 is 17.7 Å². The second kappa shape index (κ2) is 10.1. The number of likely N-dealkylation sites (N-methyl/N-ethyl adjacent to an activating group) is 1. The van der Waals surface area contributed by atoms with E-state index in [1.165, 1.54) is 4.90 Å². The molecule has 0 fully saturated rings. The first kappa shape index (κ1) is 21.7. The predicted molar refractivity (Wildman–Crippen MR) is 111 cm³/mol. The number of carbonyl (C=O) groups is 1. The summed E-state index contributed by atoms with van der Waals surface area (Å²) in [6, 6.07) is 5.72. The molecule has 1 amide bonds. The van der Waals surface area contributed by atoms with Crippen LogP contribution in [0.25, 0.3) is 0 Å². The molecule has 0 spiro atoms. The van der Waals surface area contributed by atoms with E-state index in [0.717, 1.165) is 30.2 Å². The lowest BCUT2D eigenvalue weighted by Gasteiger charge is -2.24. The number of nitrogens with zero attached hydrogens (tertiary/aromatic N) is 2. The van der Waals surface area contributed by atoms with Crippen LogP contribution in [0.15, 0.2) is 23.2 Å². The van der Waals surface area contributed by atoms with Crippen molar-refractivity contribution in [3.05, 3.63) is 18.2 Å². The highest BCUT2D eigenvalue weighted by Crippen LogP contribution is 2.32. The Labute approximate surface area is 167 Å². The van der Waals surface area contributed by atoms with E-state index in [9.17, 15) is 4.79 Å². The molecule has 0 unspecified atom stereocenters. The predicted octanol–water partition coefficient (Wildman–Crippen LogP) is 3.09. The zero-order chi connectivity index (χ0) is 20.6. The van der Waals surface area contributed by atoms with Gasteiger partial charge in [-0.1, -0.05) is 0 Å². The average molecular weight is 393 g/mol. The Morgan fingerprint density at radius 1 is 1.25 bits per heavy atom. The lowest BCUT2D eigenvalue weighted by Crippen LogP contribution is -2.36. The van der Waals surface area contributed by atoms with Crippen LogP contribution in [0.3, 0.4) is 0 Å². The average Bonchev–Trinajstić information content (AvgIpc) is 2.85. The number of nitrogens with one attached hydrogen (secondary N) is 2. The van der Waals surface area contributed by atoms with Gasteiger partial charge in [0.15, 0.2) is 17.5 Å². The number of hydrogen-bond donors (Lipinski definition) is 2. The van der Waals surface area contributed by atoms with Gasteiger partial charge in [0.2, 0.25) is 0 Å². The van der Waals surface area contributed by atoms with E-state index in [0.29, 0.717) is 32.3 Å². The minimum absolute atomic E-state index is 0.358. The van der Waals surface area contributed by atoms with Gasteiger partial charge >= 0.3 is 6.09 Å². The fourth-order valence-electron chi connectivity index (χ4n) is 2.43. The zero-order valence-electron chi connectivity index (χ0n) is 17.5. The molecule has 0 aliphatic carbocycles. The van der Waals surface area contributed by atoms with Crippen LogP contribution in [-0.2, 0) is 4.74 Å². The minimum Gasteiger partial charge on any atom is -0.490 e. The molecule has 0 radical (unpaired) electrons. The van der Waals surface area contributed by atoms with E-state index in [1.54, 1.807) is 7.05 Å². The number of aliphatic imine (C=N–C) groups is 1. The fourth-order valence-corrected chi connectivity index (χ4v) is 2.43. The number of fused-ring (bicyclic) bond motifs is 1. The summed E-state index contributed by atoms with van der Waals surface area (Å²) >= 11 is 0. The molecule has 1 aliphatic rings. The highest BCUT2D eigenvalue weighted by molar-refractivity contribution is 5.93. The third-order valence-electron chi connectivity index (χ3n) is 3.76. The normalized spacial score (nSPS) is 14.1. The lowest BCUT2D eigenvalue weighted by molar-refractivity contribution is 0.0304. The number of rotatable bonds is 5. The topological polar surface area (TPSA) is 84.4 Å². The van der Waals surface area contributed by atoms with E-state index >= 15 is 0 Å². The van der Waals surface area contributed by atoms with Crippen LogP contribution in [0.2, 0.25) is 0 Å². The highest BCUT2D eigenvalue weighted by atomic mass is 16.6. The minimum atomic E-state index is -0.512. The smallest absolute Gasteiger partial charge is 0.410 e. The summed E-state index contributed by atoms with van der Waals surface area (Å²) in [5.74, 6) is 2.11. The lowest BCUT2D eigenvalue weighted by atomic mass is 10.2. The van der Waals surface area contributed by atoms with Crippen LogP contribution in [0, 0.1) is 0 Å². The number of amides is 1. The van der Waals surface area contributed by atoms with Crippen LogP contribution in [-0.4, -0.2) is 62.4 Å². The van der Waals surface area contributed by atoms with E-state index in [1.807, 2.05) is 45.9 Å². The quantitative estimate of drug-likeness (QED) is 0.592. The van der Waals surface area contributed by atoms with Crippen LogP contribution < -0.4 is 20.1 Å². The van der Waals surface area contributed by atoms with Crippen molar-refractivity contribution in [2.75, 3.05) is 45.2 Å². The molecule has 28 heavy (non-hydrogen) atoms. The third kappa shape index (κ3) is 7.17. The molecule has 0 bridgehead atoms. The van der Waals surface area contributed by atoms with Crippen molar-refractivity contribution in [1.29, 1.82) is 0 Å². The summed E-state index contributed by atoms with van der Waals surface area (Å²) in [5, 5.41) is 6.46. The Balaban J connectivity index is 1.95. The summed E-state index contributed by atoms with van der Waals surface area (Å²) in [6.07, 6.45) is 0.510. The highest BCUT2D eigenvalue weighted by Gasteiger charge is 2.19. The zero-order valence-corrected chi connectivity index (χ0v) is 17.5. The molecule has 8 nitrogen and oxygen atoms in total. The van der Waals surface area contributed by atoms with E-state index < -0.39 is 5.60 Å². The Morgan fingerprint density at radius 3 is 2.64 bits per heavy atom. The largest absolute Gasteiger partial charge is 0.490 e. The van der Waals surface area contributed by atoms with Crippen LogP contribution >= 0.6 is 0 Å². The SMILES string of the molecule is CCNC(=NCCN(C)C(=O)OC(C)(C)C)Nc1ccc2c(c1)OCCCO2. The molecule has 1 heterocycles. The summed E-state index contributed by atoms with van der Waals surface area (Å²) in [6.45, 7) is 10.5. The molecule has 0 aromatic heterocycles. The maximum absolute atomic E-state index is 12.0. The molecule has 1 aliphatic heterocycles. The number of guanidine groups is 1. The number of carbonyl (C=O) groups excluding carboxylic acids is 1. The molecule has 2 N–H and O–H groups in total. The maximum Gasteiger partial charge on any atom is 0.410 e. The van der Waals surface area contributed by atoms with Gasteiger partial charge in [-0.3, -0.25) is 4.99 Å². The molecule has 0 saturated heterocycles. The Morgan fingerprint density at radius 2 is 1.96 bits per heavy atom. The van der Waals surface area contributed by atoms with Crippen molar-refractivity contribution in [2.24, 2.45) is 4.99 Å². The van der Waals surface area contributed by atoms with Crippen LogP contribution in [0.4, 0.5) is 10.5 Å². The van der Waals surface area contributed by atoms with Gasteiger partial charge < -0.3 is 29.7 Å². The van der Waals surface area contributed by atoms with Gasteiger partial charge in [0, 0.05) is 38.3 Å². The van der Waals surface area contributed by atoms with E-state index in [4.69, 9.17) is 14.2 Å². The van der Waals surface area contributed by atoms with Gasteiger partial charge in [-0.15, -0.1) is 0 Å². The summed E-state index contributed by atoms with van der Waals surface area (Å²) < 4.78 is 16.7. The summed E-state index contributed by atoms with van der Waals surface area (Å²) in [5.41, 5.74) is 0.340. The molecular formula is C20H32N4O4. The number of anilines is 1. The monoisotopic (exact) mass is 392 g/mol. The summed E-state index contributed by atoms with van der Waals surface area (Å²) in [4.78, 5) is 18.1. The Hall–Kier alpha value is -2.64. The number of ether oxygens (including phenoxy) is 3. The molecule has 8 heteroatoms. The second-order valence-electron chi connectivity index (χ2n) is 7.50. The maximum atomic E-state index is 12.0. The van der Waals surface area contributed by atoms with Gasteiger partial charge in [-0.2, -0.15) is 0 Å². The standard InChI is InChI=1S/C20H32N4O4/c1-6-21-18(22-10-11-24(5)19(25)28-20(2,3)4)23-15-8-9-16-17(14-15)27-13-7-12-26-16/h8-9,14H,6-7,10-13H2,1-5H3,(H2,21,22,23). The van der Waals surface area contributed by atoms with Crippen molar-refractivity contribution in [1.82, 2.24) is 10.2 Å². The second-order valence-corrected chi connectivity index (χ2v) is 7.50. The van der Waals surface area contributed by atoms with Gasteiger partial charge in [-0.25, -0.2) is 4.79 Å².